The topological polar surface area (TPSA) is 72.8 Å². The molecule has 86 valence electrons. The predicted molar refractivity (Wildman–Crippen MR) is 51.3 cm³/mol. The van der Waals surface area contributed by atoms with Crippen LogP contribution in [0.15, 0.2) is 0 Å². The van der Waals surface area contributed by atoms with Gasteiger partial charge in [-0.1, -0.05) is 0 Å². The van der Waals surface area contributed by atoms with Crippen LogP contribution in [0, 0.1) is 11.8 Å². The van der Waals surface area contributed by atoms with E-state index in [0.717, 1.165) is 0 Å². The molecule has 1 saturated heterocycles. The molecule has 1 rings (SSSR count). The molecule has 0 spiro atoms. The van der Waals surface area contributed by atoms with Crippen molar-refractivity contribution >= 4 is 11.9 Å². The molecule has 0 radical (unpaired) electrons. The predicted octanol–water partition coefficient (Wildman–Crippen LogP) is 0.677. The number of hydrogen-bond donors (Lipinski definition) is 1. The van der Waals surface area contributed by atoms with Crippen molar-refractivity contribution in [3.8, 4) is 0 Å². The molecule has 1 fully saturated rings. The number of carboxylic acid groups (broad SMARTS) is 1. The number of esters is 1. The Morgan fingerprint density at radius 2 is 2.07 bits per heavy atom. The highest BCUT2D eigenvalue weighted by Crippen LogP contribution is 2.26. The van der Waals surface area contributed by atoms with Gasteiger partial charge in [-0.3, -0.25) is 9.59 Å². The van der Waals surface area contributed by atoms with Crippen LogP contribution in [0.4, 0.5) is 0 Å². The first-order valence-corrected chi connectivity index (χ1v) is 5.02. The summed E-state index contributed by atoms with van der Waals surface area (Å²) < 4.78 is 9.64. The summed E-state index contributed by atoms with van der Waals surface area (Å²) >= 11 is 0. The number of carboxylic acids is 1. The number of ether oxygens (including phenoxy) is 2. The van der Waals surface area contributed by atoms with E-state index in [-0.39, 0.29) is 12.3 Å². The largest absolute Gasteiger partial charge is 0.481 e. The van der Waals surface area contributed by atoms with Crippen LogP contribution in [0.1, 0.15) is 19.3 Å². The van der Waals surface area contributed by atoms with Crippen molar-refractivity contribution < 1.29 is 24.2 Å². The lowest BCUT2D eigenvalue weighted by atomic mass is 9.84. The third-order valence-electron chi connectivity index (χ3n) is 2.77. The Labute approximate surface area is 88.4 Å². The second kappa shape index (κ2) is 5.70. The molecule has 0 saturated carbocycles. The molecular weight excluding hydrogens is 200 g/mol. The van der Waals surface area contributed by atoms with Crippen LogP contribution in [-0.2, 0) is 19.1 Å². The Hall–Kier alpha value is -1.10. The summed E-state index contributed by atoms with van der Waals surface area (Å²) in [5.41, 5.74) is 0. The SMILES string of the molecule is COC(=O)C[C@@H](C(=O)O)C1CCOCC1. The van der Waals surface area contributed by atoms with E-state index in [0.29, 0.717) is 26.1 Å². The average Bonchev–Trinajstić information content (AvgIpc) is 2.26. The van der Waals surface area contributed by atoms with Gasteiger partial charge >= 0.3 is 11.9 Å². The van der Waals surface area contributed by atoms with Gasteiger partial charge in [-0.25, -0.2) is 0 Å². The molecule has 0 aromatic carbocycles. The minimum absolute atomic E-state index is 0.0235. The second-order valence-corrected chi connectivity index (χ2v) is 3.67. The number of rotatable bonds is 4. The van der Waals surface area contributed by atoms with Gasteiger partial charge in [-0.15, -0.1) is 0 Å². The third-order valence-corrected chi connectivity index (χ3v) is 2.77. The highest BCUT2D eigenvalue weighted by molar-refractivity contribution is 5.78. The number of carbonyl (C=O) groups excluding carboxylic acids is 1. The smallest absolute Gasteiger partial charge is 0.307 e. The van der Waals surface area contributed by atoms with Gasteiger partial charge in [0.05, 0.1) is 19.4 Å². The first-order chi connectivity index (χ1) is 7.15. The van der Waals surface area contributed by atoms with Crippen molar-refractivity contribution in [1.29, 1.82) is 0 Å². The summed E-state index contributed by atoms with van der Waals surface area (Å²) in [5.74, 6) is -2.00. The number of aliphatic carboxylic acids is 1. The van der Waals surface area contributed by atoms with Crippen LogP contribution < -0.4 is 0 Å². The molecule has 0 aliphatic carbocycles. The molecule has 1 atom stereocenters. The molecule has 0 aromatic rings. The Balaban J connectivity index is 2.55. The molecule has 15 heavy (non-hydrogen) atoms. The van der Waals surface area contributed by atoms with Crippen LogP contribution >= 0.6 is 0 Å². The van der Waals surface area contributed by atoms with Crippen LogP contribution in [-0.4, -0.2) is 37.4 Å². The van der Waals surface area contributed by atoms with Crippen molar-refractivity contribution in [2.45, 2.75) is 19.3 Å². The third kappa shape index (κ3) is 3.51. The fourth-order valence-corrected chi connectivity index (χ4v) is 1.84. The lowest BCUT2D eigenvalue weighted by Crippen LogP contribution is -2.31. The zero-order valence-electron chi connectivity index (χ0n) is 8.77. The Kier molecular flexibility index (Phi) is 4.55. The minimum atomic E-state index is -0.924. The van der Waals surface area contributed by atoms with E-state index in [1.54, 1.807) is 0 Å². The van der Waals surface area contributed by atoms with Gasteiger partial charge in [0, 0.05) is 13.2 Å². The van der Waals surface area contributed by atoms with E-state index in [1.807, 2.05) is 0 Å². The monoisotopic (exact) mass is 216 g/mol. The van der Waals surface area contributed by atoms with Crippen molar-refractivity contribution in [2.24, 2.45) is 11.8 Å². The summed E-state index contributed by atoms with van der Waals surface area (Å²) in [4.78, 5) is 22.1. The normalized spacial score (nSPS) is 19.5. The van der Waals surface area contributed by atoms with Crippen LogP contribution in [0.2, 0.25) is 0 Å². The molecule has 0 amide bonds. The summed E-state index contributed by atoms with van der Waals surface area (Å²) in [6.45, 7) is 1.16. The van der Waals surface area contributed by atoms with E-state index >= 15 is 0 Å². The summed E-state index contributed by atoms with van der Waals surface area (Å²) in [6, 6.07) is 0. The summed E-state index contributed by atoms with van der Waals surface area (Å²) in [6.07, 6.45) is 1.36. The van der Waals surface area contributed by atoms with Crippen LogP contribution in [0.5, 0.6) is 0 Å². The maximum absolute atomic E-state index is 11.1. The quantitative estimate of drug-likeness (QED) is 0.699. The van der Waals surface area contributed by atoms with Gasteiger partial charge in [0.1, 0.15) is 0 Å². The standard InChI is InChI=1S/C10H16O5/c1-14-9(11)6-8(10(12)13)7-2-4-15-5-3-7/h7-8H,2-6H2,1H3,(H,12,13)/t8-/m1/s1. The molecule has 1 N–H and O–H groups in total. The fourth-order valence-electron chi connectivity index (χ4n) is 1.84. The maximum atomic E-state index is 11.1. The number of methoxy groups -OCH3 is 1. The van der Waals surface area contributed by atoms with Gasteiger partial charge in [0.15, 0.2) is 0 Å². The van der Waals surface area contributed by atoms with Crippen molar-refractivity contribution in [3.05, 3.63) is 0 Å². The zero-order chi connectivity index (χ0) is 11.3. The van der Waals surface area contributed by atoms with Crippen LogP contribution in [0.3, 0.4) is 0 Å². The molecule has 5 heteroatoms. The molecule has 1 heterocycles. The van der Waals surface area contributed by atoms with E-state index < -0.39 is 17.9 Å². The van der Waals surface area contributed by atoms with Gasteiger partial charge < -0.3 is 14.6 Å². The van der Waals surface area contributed by atoms with Crippen molar-refractivity contribution in [3.63, 3.8) is 0 Å². The van der Waals surface area contributed by atoms with Gasteiger partial charge in [0.2, 0.25) is 0 Å². The van der Waals surface area contributed by atoms with E-state index in [9.17, 15) is 9.59 Å². The minimum Gasteiger partial charge on any atom is -0.481 e. The molecule has 1 aliphatic heterocycles. The Morgan fingerprint density at radius 1 is 1.47 bits per heavy atom. The molecule has 0 bridgehead atoms. The highest BCUT2D eigenvalue weighted by Gasteiger charge is 2.31. The second-order valence-electron chi connectivity index (χ2n) is 3.67. The lowest BCUT2D eigenvalue weighted by molar-refractivity contribution is -0.153. The number of hydrogen-bond acceptors (Lipinski definition) is 4. The van der Waals surface area contributed by atoms with E-state index in [4.69, 9.17) is 9.84 Å². The van der Waals surface area contributed by atoms with E-state index in [2.05, 4.69) is 4.74 Å². The van der Waals surface area contributed by atoms with Crippen molar-refractivity contribution in [2.75, 3.05) is 20.3 Å². The first kappa shape index (κ1) is 12.0. The van der Waals surface area contributed by atoms with E-state index in [1.165, 1.54) is 7.11 Å². The Bertz CT molecular complexity index is 232. The lowest BCUT2D eigenvalue weighted by Gasteiger charge is -2.26. The summed E-state index contributed by atoms with van der Waals surface area (Å²) in [5, 5.41) is 9.02. The van der Waals surface area contributed by atoms with Crippen LogP contribution in [0.25, 0.3) is 0 Å². The number of carbonyl (C=O) groups is 2. The molecule has 0 unspecified atom stereocenters. The average molecular weight is 216 g/mol. The zero-order valence-corrected chi connectivity index (χ0v) is 8.77. The maximum Gasteiger partial charge on any atom is 0.307 e. The Morgan fingerprint density at radius 3 is 2.53 bits per heavy atom. The molecule has 0 aromatic heterocycles. The molecule has 1 aliphatic rings. The van der Waals surface area contributed by atoms with Gasteiger partial charge in [-0.2, -0.15) is 0 Å². The first-order valence-electron chi connectivity index (χ1n) is 5.02. The highest BCUT2D eigenvalue weighted by atomic mass is 16.5. The molecule has 5 nitrogen and oxygen atoms in total. The fraction of sp³-hybridized carbons (Fsp3) is 0.800. The van der Waals surface area contributed by atoms with Gasteiger partial charge in [-0.05, 0) is 18.8 Å². The summed E-state index contributed by atoms with van der Waals surface area (Å²) in [7, 11) is 1.27. The van der Waals surface area contributed by atoms with Crippen molar-refractivity contribution in [1.82, 2.24) is 0 Å². The molecular formula is C10H16O5. The van der Waals surface area contributed by atoms with Gasteiger partial charge in [0.25, 0.3) is 0 Å².